The van der Waals surface area contributed by atoms with E-state index in [9.17, 15) is 0 Å². The average molecular weight is 888 g/mol. The highest BCUT2D eigenvalue weighted by atomic mass is 35.5. The number of allylic oxidation sites excluding steroid dienone is 2. The number of halogens is 1. The molecule has 1 aromatic rings. The lowest BCUT2D eigenvalue weighted by molar-refractivity contribution is -0.697. The predicted molar refractivity (Wildman–Crippen MR) is 276 cm³/mol. The Morgan fingerprint density at radius 2 is 0.645 bits per heavy atom. The van der Waals surface area contributed by atoms with Gasteiger partial charge in [-0.1, -0.05) is 284 Å². The summed E-state index contributed by atoms with van der Waals surface area (Å²) in [6, 6.07) is 0.686. The maximum atomic E-state index is 2.61. The van der Waals surface area contributed by atoms with Crippen LogP contribution in [-0.4, -0.2) is 4.57 Å². The van der Waals surface area contributed by atoms with Crippen molar-refractivity contribution in [1.82, 2.24) is 4.57 Å². The summed E-state index contributed by atoms with van der Waals surface area (Å²) in [4.78, 5) is 0. The quantitative estimate of drug-likeness (QED) is 0.0350. The largest absolute Gasteiger partial charge is 1.00 e. The van der Waals surface area contributed by atoms with E-state index >= 15 is 0 Å². The standard InChI is InChI=1S/C59H115N2.ClH/c1-5-9-13-16-19-22-25-28-29-30-31-34-37-40-43-46-52-59(61-56-55-60(57-61)54-12-8-4)53-48-47-51-58(49-44-41-38-35-32-26-23-20-17-14-10-6-2)50-45-42-39-36-33-27-24-21-18-15-11-7-3;/h28-29,55-59H,5-27,30-54H2,1-4H3;1H/q+1;/p-1/b29-28-;. The minimum absolute atomic E-state index is 0. The Balaban J connectivity index is 0.0000372. The second-order valence-corrected chi connectivity index (χ2v) is 20.3. The zero-order valence-electron chi connectivity index (χ0n) is 43.3. The summed E-state index contributed by atoms with van der Waals surface area (Å²) in [5, 5.41) is 0. The number of aromatic nitrogens is 2. The van der Waals surface area contributed by atoms with E-state index in [4.69, 9.17) is 0 Å². The molecule has 0 aliphatic carbocycles. The van der Waals surface area contributed by atoms with Gasteiger partial charge in [-0.25, -0.2) is 9.13 Å². The van der Waals surface area contributed by atoms with Gasteiger partial charge in [-0.2, -0.15) is 0 Å². The van der Waals surface area contributed by atoms with Crippen molar-refractivity contribution < 1.29 is 17.0 Å². The van der Waals surface area contributed by atoms with E-state index in [2.05, 4.69) is 67.7 Å². The maximum absolute atomic E-state index is 2.61. The molecule has 0 N–H and O–H groups in total. The fraction of sp³-hybridized carbons (Fsp3) is 0.915. The Morgan fingerprint density at radius 3 is 1.02 bits per heavy atom. The molecule has 0 spiro atoms. The van der Waals surface area contributed by atoms with Gasteiger partial charge in [0, 0.05) is 0 Å². The van der Waals surface area contributed by atoms with Crippen molar-refractivity contribution in [2.24, 2.45) is 5.92 Å². The number of hydrogen-bond donors (Lipinski definition) is 0. The van der Waals surface area contributed by atoms with Gasteiger partial charge in [0.05, 0.1) is 6.54 Å². The van der Waals surface area contributed by atoms with Gasteiger partial charge in [0.15, 0.2) is 0 Å². The van der Waals surface area contributed by atoms with E-state index in [1.165, 1.54) is 308 Å². The van der Waals surface area contributed by atoms with Crippen LogP contribution in [0.4, 0.5) is 0 Å². The molecule has 3 heteroatoms. The fourth-order valence-corrected chi connectivity index (χ4v) is 9.96. The lowest BCUT2D eigenvalue weighted by Gasteiger charge is -2.18. The molecule has 0 amide bonds. The van der Waals surface area contributed by atoms with Crippen LogP contribution in [0.3, 0.4) is 0 Å². The molecule has 0 bridgehead atoms. The topological polar surface area (TPSA) is 8.81 Å². The second kappa shape index (κ2) is 51.2. The van der Waals surface area contributed by atoms with E-state index in [0.717, 1.165) is 5.92 Å². The SMILES string of the molecule is CCCCCCCC/C=C\CCCCCCCCC(CCCCC(CCCCCCCCCCCCCC)CCCCCCCCCCCCCC)n1cc[n+](CCCC)c1.[Cl-]. The van der Waals surface area contributed by atoms with Crippen LogP contribution < -0.4 is 17.0 Å². The van der Waals surface area contributed by atoms with Crippen molar-refractivity contribution in [1.29, 1.82) is 0 Å². The molecule has 0 radical (unpaired) electrons. The minimum atomic E-state index is 0. The highest BCUT2D eigenvalue weighted by molar-refractivity contribution is 4.81. The van der Waals surface area contributed by atoms with Gasteiger partial charge in [0.2, 0.25) is 6.33 Å². The first-order valence-electron chi connectivity index (χ1n) is 29.0. The molecule has 0 aliphatic heterocycles. The number of rotatable bonds is 51. The Bertz CT molecular complexity index is 957. The van der Waals surface area contributed by atoms with E-state index in [0.29, 0.717) is 6.04 Å². The molecule has 0 saturated heterocycles. The van der Waals surface area contributed by atoms with E-state index < -0.39 is 0 Å². The first-order chi connectivity index (χ1) is 30.2. The van der Waals surface area contributed by atoms with E-state index in [1.54, 1.807) is 0 Å². The molecular formula is C59H115ClN2. The molecule has 1 atom stereocenters. The van der Waals surface area contributed by atoms with Gasteiger partial charge in [-0.3, -0.25) is 0 Å². The highest BCUT2D eigenvalue weighted by Gasteiger charge is 2.18. The summed E-state index contributed by atoms with van der Waals surface area (Å²) >= 11 is 0. The average Bonchev–Trinajstić information content (AvgIpc) is 3.75. The summed E-state index contributed by atoms with van der Waals surface area (Å²) in [6.45, 7) is 10.4. The molecule has 1 unspecified atom stereocenters. The first kappa shape index (κ1) is 61.2. The van der Waals surface area contributed by atoms with Gasteiger partial charge >= 0.3 is 0 Å². The zero-order chi connectivity index (χ0) is 43.8. The van der Waals surface area contributed by atoms with Gasteiger partial charge in [-0.15, -0.1) is 0 Å². The van der Waals surface area contributed by atoms with Gasteiger partial charge in [0.25, 0.3) is 0 Å². The lowest BCUT2D eigenvalue weighted by Crippen LogP contribution is -3.00. The van der Waals surface area contributed by atoms with Crippen LogP contribution in [0.5, 0.6) is 0 Å². The molecule has 368 valence electrons. The minimum Gasteiger partial charge on any atom is -1.00 e. The number of nitrogens with zero attached hydrogens (tertiary/aromatic N) is 2. The second-order valence-electron chi connectivity index (χ2n) is 20.3. The van der Waals surface area contributed by atoms with Gasteiger partial charge < -0.3 is 12.4 Å². The fourth-order valence-electron chi connectivity index (χ4n) is 9.96. The summed E-state index contributed by atoms with van der Waals surface area (Å²) in [5.41, 5.74) is 0. The Morgan fingerprint density at radius 1 is 0.355 bits per heavy atom. The van der Waals surface area contributed by atoms with Crippen LogP contribution in [0.15, 0.2) is 30.9 Å². The summed E-state index contributed by atoms with van der Waals surface area (Å²) in [6.07, 6.45) is 79.5. The Kier molecular flexibility index (Phi) is 50.6. The lowest BCUT2D eigenvalue weighted by atomic mass is 9.89. The third kappa shape index (κ3) is 41.9. The first-order valence-corrected chi connectivity index (χ1v) is 29.0. The van der Waals surface area contributed by atoms with Crippen LogP contribution in [0.25, 0.3) is 0 Å². The van der Waals surface area contributed by atoms with Gasteiger partial charge in [0.1, 0.15) is 18.4 Å². The third-order valence-corrected chi connectivity index (χ3v) is 14.3. The maximum Gasteiger partial charge on any atom is 0.243 e. The number of aryl methyl sites for hydroxylation is 1. The molecule has 1 heterocycles. The van der Waals surface area contributed by atoms with Crippen molar-refractivity contribution in [3.8, 4) is 0 Å². The third-order valence-electron chi connectivity index (χ3n) is 14.3. The Labute approximate surface area is 398 Å². The van der Waals surface area contributed by atoms with Crippen molar-refractivity contribution >= 4 is 0 Å². The number of imidazole rings is 1. The van der Waals surface area contributed by atoms with E-state index in [-0.39, 0.29) is 12.4 Å². The van der Waals surface area contributed by atoms with Gasteiger partial charge in [-0.05, 0) is 63.7 Å². The Hall–Kier alpha value is -0.760. The normalized spacial score (nSPS) is 12.3. The molecular weight excluding hydrogens is 772 g/mol. The summed E-state index contributed by atoms with van der Waals surface area (Å²) in [7, 11) is 0. The molecule has 1 aromatic heterocycles. The molecule has 0 aromatic carbocycles. The monoisotopic (exact) mass is 887 g/mol. The highest BCUT2D eigenvalue weighted by Crippen LogP contribution is 2.28. The molecule has 2 nitrogen and oxygen atoms in total. The smallest absolute Gasteiger partial charge is 0.243 e. The van der Waals surface area contributed by atoms with Crippen molar-refractivity contribution in [3.05, 3.63) is 30.9 Å². The number of hydrogen-bond acceptors (Lipinski definition) is 0. The molecule has 0 fully saturated rings. The van der Waals surface area contributed by atoms with Crippen molar-refractivity contribution in [2.75, 3.05) is 0 Å². The van der Waals surface area contributed by atoms with Crippen LogP contribution in [0.2, 0.25) is 0 Å². The predicted octanol–water partition coefficient (Wildman–Crippen LogP) is 17.9. The van der Waals surface area contributed by atoms with Crippen LogP contribution in [0, 0.1) is 5.92 Å². The van der Waals surface area contributed by atoms with Crippen molar-refractivity contribution in [3.63, 3.8) is 0 Å². The number of unbranched alkanes of at least 4 members (excludes halogenated alkanes) is 36. The molecule has 0 saturated carbocycles. The van der Waals surface area contributed by atoms with E-state index in [1.807, 2.05) is 0 Å². The molecule has 1 rings (SSSR count). The van der Waals surface area contributed by atoms with Crippen LogP contribution >= 0.6 is 0 Å². The summed E-state index contributed by atoms with van der Waals surface area (Å²) < 4.78 is 5.07. The zero-order valence-corrected chi connectivity index (χ0v) is 44.0. The molecule has 62 heavy (non-hydrogen) atoms. The van der Waals surface area contributed by atoms with Crippen LogP contribution in [-0.2, 0) is 6.54 Å². The van der Waals surface area contributed by atoms with Crippen LogP contribution in [0.1, 0.15) is 336 Å². The molecule has 0 aliphatic rings. The van der Waals surface area contributed by atoms with Crippen molar-refractivity contribution in [2.45, 2.75) is 342 Å². The summed E-state index contributed by atoms with van der Waals surface area (Å²) in [5.74, 6) is 0.975.